The van der Waals surface area contributed by atoms with Crippen molar-refractivity contribution in [3.05, 3.63) is 44.9 Å². The van der Waals surface area contributed by atoms with E-state index < -0.39 is 0 Å². The molecule has 2 N–H and O–H groups in total. The number of carbonyl (C=O) groups excluding carboxylic acids is 2. The highest BCUT2D eigenvalue weighted by atomic mass is 32.1. The zero-order valence-electron chi connectivity index (χ0n) is 15.5. The first-order valence-electron chi connectivity index (χ1n) is 8.73. The second-order valence-electron chi connectivity index (χ2n) is 6.65. The molecule has 3 amide bonds. The van der Waals surface area contributed by atoms with Crippen molar-refractivity contribution in [2.24, 2.45) is 0 Å². The fourth-order valence-electron chi connectivity index (χ4n) is 3.38. The number of hydrogen-bond acceptors (Lipinski definition) is 4. The van der Waals surface area contributed by atoms with Crippen molar-refractivity contribution in [2.75, 3.05) is 11.9 Å². The molecule has 1 aromatic carbocycles. The Bertz CT molecular complexity index is 846. The third kappa shape index (κ3) is 3.88. The summed E-state index contributed by atoms with van der Waals surface area (Å²) < 4.78 is 0. The molecule has 0 bridgehead atoms. The van der Waals surface area contributed by atoms with Gasteiger partial charge in [0, 0.05) is 30.6 Å². The van der Waals surface area contributed by atoms with Crippen LogP contribution in [0.3, 0.4) is 0 Å². The van der Waals surface area contributed by atoms with Gasteiger partial charge in [0.2, 0.25) is 5.91 Å². The number of rotatable bonds is 3. The number of fused-ring (bicyclic) bond motifs is 1. The van der Waals surface area contributed by atoms with E-state index in [4.69, 9.17) is 0 Å². The van der Waals surface area contributed by atoms with E-state index in [1.807, 2.05) is 43.9 Å². The molecule has 1 aliphatic rings. The lowest BCUT2D eigenvalue weighted by molar-refractivity contribution is -0.114. The smallest absolute Gasteiger partial charge is 0.318 e. The summed E-state index contributed by atoms with van der Waals surface area (Å²) in [5.74, 6) is -0.0809. The summed E-state index contributed by atoms with van der Waals surface area (Å²) in [5, 5.41) is 6.97. The van der Waals surface area contributed by atoms with Gasteiger partial charge in [-0.2, -0.15) is 0 Å². The van der Waals surface area contributed by atoms with Gasteiger partial charge in [0.1, 0.15) is 0 Å². The Morgan fingerprint density at radius 1 is 1.31 bits per heavy atom. The first kappa shape index (κ1) is 18.4. The van der Waals surface area contributed by atoms with E-state index in [0.29, 0.717) is 13.1 Å². The maximum absolute atomic E-state index is 12.7. The topological polar surface area (TPSA) is 74.3 Å². The van der Waals surface area contributed by atoms with Crippen LogP contribution in [-0.4, -0.2) is 28.4 Å². The number of urea groups is 1. The van der Waals surface area contributed by atoms with Crippen molar-refractivity contribution in [2.45, 2.75) is 46.7 Å². The summed E-state index contributed by atoms with van der Waals surface area (Å²) in [6, 6.07) is 5.70. The van der Waals surface area contributed by atoms with E-state index in [0.717, 1.165) is 38.8 Å². The molecule has 0 saturated heterocycles. The highest BCUT2D eigenvalue weighted by Crippen LogP contribution is 2.28. The maximum atomic E-state index is 12.7. The Kier molecular flexibility index (Phi) is 5.27. The Balaban J connectivity index is 1.69. The second kappa shape index (κ2) is 7.45. The molecule has 0 saturated carbocycles. The van der Waals surface area contributed by atoms with Crippen molar-refractivity contribution in [1.29, 1.82) is 0 Å². The number of hydrogen-bond donors (Lipinski definition) is 2. The number of benzene rings is 1. The SMILES string of the molecule is CC(=O)Nc1cccc2c1CCN(C(=O)NC(C)c1sc(C)nc1C)C2. The molecule has 7 heteroatoms. The highest BCUT2D eigenvalue weighted by Gasteiger charge is 2.24. The van der Waals surface area contributed by atoms with Crippen LogP contribution < -0.4 is 10.6 Å². The number of thiazole rings is 1. The zero-order valence-corrected chi connectivity index (χ0v) is 16.4. The molecule has 1 aliphatic heterocycles. The van der Waals surface area contributed by atoms with Crippen LogP contribution in [0.4, 0.5) is 10.5 Å². The van der Waals surface area contributed by atoms with Crippen LogP contribution in [0.5, 0.6) is 0 Å². The predicted molar refractivity (Wildman–Crippen MR) is 103 cm³/mol. The Morgan fingerprint density at radius 3 is 2.73 bits per heavy atom. The van der Waals surface area contributed by atoms with Crippen LogP contribution in [0.1, 0.15) is 46.6 Å². The maximum Gasteiger partial charge on any atom is 0.318 e. The number of nitrogens with one attached hydrogen (secondary N) is 2. The summed E-state index contributed by atoms with van der Waals surface area (Å²) in [6.07, 6.45) is 0.728. The third-order valence-electron chi connectivity index (χ3n) is 4.54. The van der Waals surface area contributed by atoms with Crippen molar-refractivity contribution >= 4 is 29.0 Å². The zero-order chi connectivity index (χ0) is 18.8. The molecule has 1 atom stereocenters. The van der Waals surface area contributed by atoms with Gasteiger partial charge in [0.15, 0.2) is 0 Å². The van der Waals surface area contributed by atoms with E-state index in [2.05, 4.69) is 15.6 Å². The van der Waals surface area contributed by atoms with Gasteiger partial charge in [-0.1, -0.05) is 12.1 Å². The van der Waals surface area contributed by atoms with E-state index in [1.165, 1.54) is 6.92 Å². The lowest BCUT2D eigenvalue weighted by atomic mass is 9.98. The molecular formula is C19H24N4O2S. The average Bonchev–Trinajstić information content (AvgIpc) is 2.92. The third-order valence-corrected chi connectivity index (χ3v) is 5.79. The summed E-state index contributed by atoms with van der Waals surface area (Å²) >= 11 is 1.62. The van der Waals surface area contributed by atoms with Crippen LogP contribution in [0.2, 0.25) is 0 Å². The molecule has 0 aliphatic carbocycles. The number of amides is 3. The second-order valence-corrected chi connectivity index (χ2v) is 7.88. The molecular weight excluding hydrogens is 348 g/mol. The molecule has 2 heterocycles. The van der Waals surface area contributed by atoms with Gasteiger partial charge in [-0.15, -0.1) is 11.3 Å². The summed E-state index contributed by atoms with van der Waals surface area (Å²) in [5.41, 5.74) is 4.02. The molecule has 0 fully saturated rings. The van der Waals surface area contributed by atoms with Crippen LogP contribution in [0, 0.1) is 13.8 Å². The fraction of sp³-hybridized carbons (Fsp3) is 0.421. The minimum atomic E-state index is -0.0809. The van der Waals surface area contributed by atoms with Crippen LogP contribution in [0.15, 0.2) is 18.2 Å². The molecule has 0 radical (unpaired) electrons. The summed E-state index contributed by atoms with van der Waals surface area (Å²) in [4.78, 5) is 31.4. The normalized spacial score (nSPS) is 14.5. The van der Waals surface area contributed by atoms with Gasteiger partial charge < -0.3 is 15.5 Å². The fourth-order valence-corrected chi connectivity index (χ4v) is 4.31. The number of nitrogens with zero attached hydrogens (tertiary/aromatic N) is 2. The van der Waals surface area contributed by atoms with Crippen LogP contribution in [0.25, 0.3) is 0 Å². The Morgan fingerprint density at radius 2 is 2.08 bits per heavy atom. The molecule has 0 spiro atoms. The molecule has 6 nitrogen and oxygen atoms in total. The number of anilines is 1. The molecule has 3 rings (SSSR count). The van der Waals surface area contributed by atoms with E-state index >= 15 is 0 Å². The summed E-state index contributed by atoms with van der Waals surface area (Å²) in [6.45, 7) is 8.62. The summed E-state index contributed by atoms with van der Waals surface area (Å²) in [7, 11) is 0. The first-order chi connectivity index (χ1) is 12.3. The van der Waals surface area contributed by atoms with Crippen LogP contribution >= 0.6 is 11.3 Å². The predicted octanol–water partition coefficient (Wildman–Crippen LogP) is 3.55. The Hall–Kier alpha value is -2.41. The Labute approximate surface area is 157 Å². The van der Waals surface area contributed by atoms with Crippen molar-refractivity contribution in [3.63, 3.8) is 0 Å². The average molecular weight is 372 g/mol. The quantitative estimate of drug-likeness (QED) is 0.865. The van der Waals surface area contributed by atoms with Gasteiger partial charge >= 0.3 is 6.03 Å². The molecule has 1 unspecified atom stereocenters. The molecule has 1 aromatic heterocycles. The van der Waals surface area contributed by atoms with Crippen molar-refractivity contribution < 1.29 is 9.59 Å². The van der Waals surface area contributed by atoms with Gasteiger partial charge in [-0.05, 0) is 44.4 Å². The minimum absolute atomic E-state index is 0.0687. The van der Waals surface area contributed by atoms with E-state index in [9.17, 15) is 9.59 Å². The molecule has 2 aromatic rings. The first-order valence-corrected chi connectivity index (χ1v) is 9.54. The van der Waals surface area contributed by atoms with Gasteiger partial charge in [0.25, 0.3) is 0 Å². The highest BCUT2D eigenvalue weighted by molar-refractivity contribution is 7.11. The minimum Gasteiger partial charge on any atom is -0.331 e. The number of aromatic nitrogens is 1. The lowest BCUT2D eigenvalue weighted by Crippen LogP contribution is -2.43. The monoisotopic (exact) mass is 372 g/mol. The standard InChI is InChI=1S/C19H24N4O2S/c1-11-18(26-14(4)20-11)12(2)21-19(25)23-9-8-16-15(10-23)6-5-7-17(16)22-13(3)24/h5-7,12H,8-10H2,1-4H3,(H,21,25)(H,22,24). The van der Waals surface area contributed by atoms with Crippen molar-refractivity contribution in [3.8, 4) is 0 Å². The lowest BCUT2D eigenvalue weighted by Gasteiger charge is -2.31. The molecule has 26 heavy (non-hydrogen) atoms. The number of aryl methyl sites for hydroxylation is 2. The van der Waals surface area contributed by atoms with Crippen molar-refractivity contribution in [1.82, 2.24) is 15.2 Å². The molecule has 138 valence electrons. The van der Waals surface area contributed by atoms with Gasteiger partial charge in [-0.3, -0.25) is 4.79 Å². The van der Waals surface area contributed by atoms with E-state index in [-0.39, 0.29) is 18.0 Å². The van der Waals surface area contributed by atoms with E-state index in [1.54, 1.807) is 11.3 Å². The van der Waals surface area contributed by atoms with Gasteiger partial charge in [-0.25, -0.2) is 9.78 Å². The van der Waals surface area contributed by atoms with Gasteiger partial charge in [0.05, 0.1) is 16.7 Å². The largest absolute Gasteiger partial charge is 0.331 e. The number of carbonyl (C=O) groups is 2. The van der Waals surface area contributed by atoms with Crippen LogP contribution in [-0.2, 0) is 17.8 Å².